The van der Waals surface area contributed by atoms with E-state index < -0.39 is 0 Å². The molecule has 0 radical (unpaired) electrons. The number of amides is 1. The number of hydrogen-bond donors (Lipinski definition) is 2. The van der Waals surface area contributed by atoms with E-state index >= 15 is 0 Å². The van der Waals surface area contributed by atoms with Gasteiger partial charge in [-0.15, -0.1) is 0 Å². The number of carbonyl (C=O) groups excluding carboxylic acids is 1. The van der Waals surface area contributed by atoms with Gasteiger partial charge in [0, 0.05) is 36.1 Å². The first-order valence-electron chi connectivity index (χ1n) is 9.60. The molecule has 0 saturated heterocycles. The first-order chi connectivity index (χ1) is 13.1. The smallest absolute Gasteiger partial charge is 0.276 e. The number of nitrogens with one attached hydrogen (secondary N) is 2. The van der Waals surface area contributed by atoms with Crippen molar-refractivity contribution in [3.63, 3.8) is 0 Å². The topological polar surface area (TPSA) is 75.6 Å². The van der Waals surface area contributed by atoms with Gasteiger partial charge in [0.15, 0.2) is 5.69 Å². The molecule has 2 aromatic heterocycles. The van der Waals surface area contributed by atoms with Crippen molar-refractivity contribution in [1.29, 1.82) is 0 Å². The normalized spacial score (nSPS) is 13.6. The lowest BCUT2D eigenvalue weighted by Crippen LogP contribution is -2.12. The summed E-state index contributed by atoms with van der Waals surface area (Å²) in [6, 6.07) is 9.65. The van der Waals surface area contributed by atoms with Gasteiger partial charge in [0.25, 0.3) is 5.91 Å². The SMILES string of the molecule is CC(C)Cc1cc(C(=O)Nc2cccc(-c3cn4c(n3)CCCC4)c2)n[nH]1. The maximum Gasteiger partial charge on any atom is 0.276 e. The highest BCUT2D eigenvalue weighted by atomic mass is 16.1. The van der Waals surface area contributed by atoms with Crippen LogP contribution in [0.2, 0.25) is 0 Å². The van der Waals surface area contributed by atoms with Crippen molar-refractivity contribution in [2.75, 3.05) is 5.32 Å². The number of H-pyrrole nitrogens is 1. The minimum Gasteiger partial charge on any atom is -0.334 e. The summed E-state index contributed by atoms with van der Waals surface area (Å²) in [5.41, 5.74) is 4.11. The molecular formula is C21H25N5O. The molecule has 1 aliphatic rings. The van der Waals surface area contributed by atoms with Gasteiger partial charge < -0.3 is 9.88 Å². The fourth-order valence-corrected chi connectivity index (χ4v) is 3.53. The fourth-order valence-electron chi connectivity index (χ4n) is 3.53. The Hall–Kier alpha value is -2.89. The highest BCUT2D eigenvalue weighted by molar-refractivity contribution is 6.03. The van der Waals surface area contributed by atoms with Crippen molar-refractivity contribution in [2.24, 2.45) is 5.92 Å². The fraction of sp³-hybridized carbons (Fsp3) is 0.381. The molecule has 4 rings (SSSR count). The molecule has 0 saturated carbocycles. The van der Waals surface area contributed by atoms with Crippen LogP contribution in [0.3, 0.4) is 0 Å². The Morgan fingerprint density at radius 2 is 2.19 bits per heavy atom. The van der Waals surface area contributed by atoms with Crippen LogP contribution in [0.5, 0.6) is 0 Å². The monoisotopic (exact) mass is 363 g/mol. The Labute approximate surface area is 159 Å². The third kappa shape index (κ3) is 3.94. The molecule has 1 aromatic carbocycles. The van der Waals surface area contributed by atoms with Crippen LogP contribution in [0, 0.1) is 5.92 Å². The molecule has 6 nitrogen and oxygen atoms in total. The summed E-state index contributed by atoms with van der Waals surface area (Å²) in [5.74, 6) is 1.46. The van der Waals surface area contributed by atoms with Gasteiger partial charge in [-0.05, 0) is 43.4 Å². The molecule has 0 aliphatic carbocycles. The van der Waals surface area contributed by atoms with E-state index in [0.717, 1.165) is 47.8 Å². The largest absolute Gasteiger partial charge is 0.334 e. The van der Waals surface area contributed by atoms with Crippen molar-refractivity contribution >= 4 is 11.6 Å². The molecule has 1 amide bonds. The standard InChI is InChI=1S/C21H25N5O/c1-14(2)10-17-12-18(25-24-17)21(27)22-16-7-5-6-15(11-16)19-13-26-9-4-3-8-20(26)23-19/h5-7,11-14H,3-4,8-10H2,1-2H3,(H,22,27)(H,24,25). The zero-order valence-electron chi connectivity index (χ0n) is 15.8. The number of imidazole rings is 1. The summed E-state index contributed by atoms with van der Waals surface area (Å²) in [5, 5.41) is 10.0. The lowest BCUT2D eigenvalue weighted by molar-refractivity contribution is 0.102. The molecule has 2 N–H and O–H groups in total. The number of benzene rings is 1. The number of aryl methyl sites for hydroxylation is 2. The number of aromatic nitrogens is 4. The van der Waals surface area contributed by atoms with Crippen molar-refractivity contribution in [3.05, 3.63) is 53.7 Å². The minimum absolute atomic E-state index is 0.206. The molecule has 0 spiro atoms. The summed E-state index contributed by atoms with van der Waals surface area (Å²) in [7, 11) is 0. The third-order valence-corrected chi connectivity index (χ3v) is 4.82. The Kier molecular flexibility index (Phi) is 4.79. The lowest BCUT2D eigenvalue weighted by Gasteiger charge is -2.11. The third-order valence-electron chi connectivity index (χ3n) is 4.82. The van der Waals surface area contributed by atoms with Crippen LogP contribution in [0.15, 0.2) is 36.5 Å². The number of anilines is 1. The maximum absolute atomic E-state index is 12.5. The highest BCUT2D eigenvalue weighted by Gasteiger charge is 2.15. The Morgan fingerprint density at radius 1 is 1.30 bits per heavy atom. The van der Waals surface area contributed by atoms with Gasteiger partial charge in [-0.3, -0.25) is 9.89 Å². The van der Waals surface area contributed by atoms with Crippen LogP contribution in [0.4, 0.5) is 5.69 Å². The van der Waals surface area contributed by atoms with Gasteiger partial charge in [-0.25, -0.2) is 4.98 Å². The summed E-state index contributed by atoms with van der Waals surface area (Å²) in [6.07, 6.45) is 6.44. The summed E-state index contributed by atoms with van der Waals surface area (Å²) < 4.78 is 2.24. The predicted molar refractivity (Wildman–Crippen MR) is 106 cm³/mol. The Balaban J connectivity index is 1.50. The first-order valence-corrected chi connectivity index (χ1v) is 9.60. The van der Waals surface area contributed by atoms with Crippen molar-refractivity contribution in [2.45, 2.75) is 46.1 Å². The van der Waals surface area contributed by atoms with E-state index in [9.17, 15) is 4.79 Å². The highest BCUT2D eigenvalue weighted by Crippen LogP contribution is 2.25. The van der Waals surface area contributed by atoms with Crippen LogP contribution >= 0.6 is 0 Å². The second-order valence-corrected chi connectivity index (χ2v) is 7.60. The number of nitrogens with zero attached hydrogens (tertiary/aromatic N) is 3. The second-order valence-electron chi connectivity index (χ2n) is 7.60. The molecule has 3 aromatic rings. The van der Waals surface area contributed by atoms with Gasteiger partial charge in [-0.2, -0.15) is 5.10 Å². The van der Waals surface area contributed by atoms with E-state index in [0.29, 0.717) is 11.6 Å². The van der Waals surface area contributed by atoms with Gasteiger partial charge in [0.1, 0.15) is 5.82 Å². The molecule has 0 unspecified atom stereocenters. The predicted octanol–water partition coefficient (Wildman–Crippen LogP) is 4.06. The molecule has 27 heavy (non-hydrogen) atoms. The molecular weight excluding hydrogens is 338 g/mol. The van der Waals surface area contributed by atoms with E-state index in [-0.39, 0.29) is 5.91 Å². The minimum atomic E-state index is -0.206. The zero-order chi connectivity index (χ0) is 18.8. The Bertz CT molecular complexity index is 930. The average Bonchev–Trinajstić information content (AvgIpc) is 3.28. The molecule has 6 heteroatoms. The molecule has 140 valence electrons. The molecule has 3 heterocycles. The Morgan fingerprint density at radius 3 is 3.00 bits per heavy atom. The maximum atomic E-state index is 12.5. The van der Waals surface area contributed by atoms with E-state index in [1.54, 1.807) is 0 Å². The second kappa shape index (κ2) is 7.39. The van der Waals surface area contributed by atoms with E-state index in [2.05, 4.69) is 40.1 Å². The quantitative estimate of drug-likeness (QED) is 0.718. The lowest BCUT2D eigenvalue weighted by atomic mass is 10.1. The zero-order valence-corrected chi connectivity index (χ0v) is 15.8. The molecule has 0 bridgehead atoms. The van der Waals surface area contributed by atoms with Crippen LogP contribution in [-0.4, -0.2) is 25.7 Å². The number of fused-ring (bicyclic) bond motifs is 1. The average molecular weight is 363 g/mol. The first kappa shape index (κ1) is 17.5. The van der Waals surface area contributed by atoms with E-state index in [4.69, 9.17) is 4.98 Å². The molecule has 1 aliphatic heterocycles. The number of rotatable bonds is 5. The number of aromatic amines is 1. The number of carbonyl (C=O) groups is 1. The summed E-state index contributed by atoms with van der Waals surface area (Å²) in [6.45, 7) is 5.32. The molecule has 0 fully saturated rings. The van der Waals surface area contributed by atoms with Crippen molar-refractivity contribution < 1.29 is 4.79 Å². The van der Waals surface area contributed by atoms with Crippen molar-refractivity contribution in [3.8, 4) is 11.3 Å². The van der Waals surface area contributed by atoms with Gasteiger partial charge in [0.05, 0.1) is 5.69 Å². The van der Waals surface area contributed by atoms with Crippen molar-refractivity contribution in [1.82, 2.24) is 19.7 Å². The summed E-state index contributed by atoms with van der Waals surface area (Å²) >= 11 is 0. The number of hydrogen-bond acceptors (Lipinski definition) is 3. The van der Waals surface area contributed by atoms with E-state index in [1.165, 1.54) is 12.8 Å². The van der Waals surface area contributed by atoms with Crippen LogP contribution in [-0.2, 0) is 19.4 Å². The molecule has 0 atom stereocenters. The van der Waals surface area contributed by atoms with Crippen LogP contribution in [0.1, 0.15) is 48.7 Å². The van der Waals surface area contributed by atoms with Gasteiger partial charge in [-0.1, -0.05) is 26.0 Å². The van der Waals surface area contributed by atoms with Gasteiger partial charge in [0.2, 0.25) is 0 Å². The van der Waals surface area contributed by atoms with Crippen LogP contribution < -0.4 is 5.32 Å². The van der Waals surface area contributed by atoms with E-state index in [1.807, 2.05) is 30.3 Å². The summed E-state index contributed by atoms with van der Waals surface area (Å²) in [4.78, 5) is 17.3. The van der Waals surface area contributed by atoms with Crippen LogP contribution in [0.25, 0.3) is 11.3 Å². The van der Waals surface area contributed by atoms with Gasteiger partial charge >= 0.3 is 0 Å².